The standard InChI is InChI=1S/C40H44N12O10S2/c1-25(53)51(26(2)54)39-45-35(41-31-17-7-5-8-18-31)43-37(47-39)49-61-63(57,58)33-21-13-11-15-29(33)23-24-30-16-12-14-22-34(30)64(59,60)62-50-38-44-36(42-32-19-9-6-10-20-32)46-40(48-38)52(27(3)55)28(4)56/h5-28,53-56H,1-4H3,(H2,41,43,45,47,49)(H2,42,44,46,48,50). The van der Waals surface area contributed by atoms with E-state index in [1.54, 1.807) is 72.8 Å². The molecule has 0 saturated heterocycles. The molecule has 0 spiro atoms. The third-order valence-electron chi connectivity index (χ3n) is 8.68. The van der Waals surface area contributed by atoms with Gasteiger partial charge in [-0.15, -0.1) is 8.57 Å². The molecule has 4 unspecified atom stereocenters. The molecule has 4 aromatic carbocycles. The normalized spacial score (nSPS) is 13.7. The number of nitrogens with one attached hydrogen (secondary N) is 4. The van der Waals surface area contributed by atoms with Crippen LogP contribution in [0.3, 0.4) is 0 Å². The second kappa shape index (κ2) is 20.5. The fourth-order valence-electron chi connectivity index (χ4n) is 5.90. The number of rotatable bonds is 20. The monoisotopic (exact) mass is 916 g/mol. The fraction of sp³-hybridized carbons (Fsp3) is 0.200. The average molecular weight is 917 g/mol. The maximum Gasteiger partial charge on any atom is 0.318 e. The van der Waals surface area contributed by atoms with Crippen LogP contribution in [0.5, 0.6) is 0 Å². The van der Waals surface area contributed by atoms with Crippen molar-refractivity contribution in [2.24, 2.45) is 0 Å². The lowest BCUT2D eigenvalue weighted by Crippen LogP contribution is -2.41. The van der Waals surface area contributed by atoms with Crippen LogP contribution >= 0.6 is 0 Å². The Hall–Kier alpha value is -6.90. The molecule has 0 aliphatic rings. The number of aliphatic hydroxyl groups is 4. The van der Waals surface area contributed by atoms with Crippen molar-refractivity contribution in [3.63, 3.8) is 0 Å². The maximum absolute atomic E-state index is 13.7. The molecule has 4 atom stereocenters. The van der Waals surface area contributed by atoms with Gasteiger partial charge in [0.05, 0.1) is 0 Å². The highest BCUT2D eigenvalue weighted by Gasteiger charge is 2.26. The summed E-state index contributed by atoms with van der Waals surface area (Å²) in [6.07, 6.45) is -2.37. The van der Waals surface area contributed by atoms with Gasteiger partial charge in [0.2, 0.25) is 23.8 Å². The van der Waals surface area contributed by atoms with Crippen LogP contribution in [0.4, 0.5) is 47.1 Å². The van der Waals surface area contributed by atoms with Crippen molar-refractivity contribution in [2.45, 2.75) is 62.4 Å². The zero-order chi connectivity index (χ0) is 46.0. The second-order valence-electron chi connectivity index (χ2n) is 13.6. The number of hydrogen-bond donors (Lipinski definition) is 8. The number of aromatic nitrogens is 6. The van der Waals surface area contributed by atoms with Crippen molar-refractivity contribution in [1.82, 2.24) is 29.9 Å². The van der Waals surface area contributed by atoms with Gasteiger partial charge in [-0.1, -0.05) is 84.9 Å². The Kier molecular flexibility index (Phi) is 14.9. The highest BCUT2D eigenvalue weighted by Crippen LogP contribution is 2.27. The van der Waals surface area contributed by atoms with Gasteiger partial charge in [-0.2, -0.15) is 46.7 Å². The summed E-state index contributed by atoms with van der Waals surface area (Å²) in [6, 6.07) is 29.0. The van der Waals surface area contributed by atoms with E-state index in [1.165, 1.54) is 76.2 Å². The molecule has 0 aliphatic carbocycles. The van der Waals surface area contributed by atoms with E-state index in [1.807, 2.05) is 0 Å². The van der Waals surface area contributed by atoms with E-state index in [0.29, 0.717) is 11.4 Å². The molecule has 0 amide bonds. The van der Waals surface area contributed by atoms with E-state index >= 15 is 0 Å². The lowest BCUT2D eigenvalue weighted by atomic mass is 10.1. The molecule has 6 rings (SSSR count). The molecular weight excluding hydrogens is 873 g/mol. The molecule has 0 aliphatic heterocycles. The molecule has 2 heterocycles. The van der Waals surface area contributed by atoms with Crippen molar-refractivity contribution in [3.05, 3.63) is 120 Å². The number of nitrogens with zero attached hydrogens (tertiary/aromatic N) is 8. The summed E-state index contributed by atoms with van der Waals surface area (Å²) in [6.45, 7) is 5.49. The minimum absolute atomic E-state index is 0.0793. The lowest BCUT2D eigenvalue weighted by Gasteiger charge is -2.28. The minimum atomic E-state index is -4.66. The van der Waals surface area contributed by atoms with E-state index in [-0.39, 0.29) is 44.7 Å². The molecule has 8 N–H and O–H groups in total. The molecule has 64 heavy (non-hydrogen) atoms. The number of para-hydroxylation sites is 2. The Bertz CT molecular complexity index is 2570. The molecule has 0 bridgehead atoms. The first-order chi connectivity index (χ1) is 30.5. The lowest BCUT2D eigenvalue weighted by molar-refractivity contribution is 0.102. The van der Waals surface area contributed by atoms with Gasteiger partial charge in [0.15, 0.2) is 0 Å². The zero-order valence-corrected chi connectivity index (χ0v) is 36.1. The summed E-state index contributed by atoms with van der Waals surface area (Å²) in [4.78, 5) is 26.6. The first-order valence-electron chi connectivity index (χ1n) is 19.2. The zero-order valence-electron chi connectivity index (χ0n) is 34.5. The van der Waals surface area contributed by atoms with Crippen molar-refractivity contribution in [3.8, 4) is 0 Å². The van der Waals surface area contributed by atoms with Crippen LogP contribution in [0.2, 0.25) is 0 Å². The highest BCUT2D eigenvalue weighted by atomic mass is 32.2. The quantitative estimate of drug-likeness (QED) is 0.0303. The topological polar surface area (TPSA) is 300 Å². The summed E-state index contributed by atoms with van der Waals surface area (Å²) in [5, 5.41) is 47.3. The maximum atomic E-state index is 13.7. The van der Waals surface area contributed by atoms with Crippen LogP contribution in [0.15, 0.2) is 119 Å². The van der Waals surface area contributed by atoms with Gasteiger partial charge in [-0.3, -0.25) is 9.80 Å². The molecule has 2 aromatic heterocycles. The van der Waals surface area contributed by atoms with Gasteiger partial charge in [0.25, 0.3) is 11.9 Å². The number of aliphatic hydroxyl groups excluding tert-OH is 4. The number of anilines is 8. The molecule has 0 fully saturated rings. The Morgan fingerprint density at radius 1 is 0.469 bits per heavy atom. The van der Waals surface area contributed by atoms with Gasteiger partial charge in [0.1, 0.15) is 34.7 Å². The van der Waals surface area contributed by atoms with E-state index in [0.717, 1.165) is 9.80 Å². The third-order valence-corrected chi connectivity index (χ3v) is 11.1. The summed E-state index contributed by atoms with van der Waals surface area (Å²) in [5.41, 5.74) is 5.76. The van der Waals surface area contributed by atoms with Crippen LogP contribution < -0.4 is 31.4 Å². The molecule has 0 saturated carbocycles. The van der Waals surface area contributed by atoms with E-state index in [9.17, 15) is 37.3 Å². The smallest absolute Gasteiger partial charge is 0.318 e. The summed E-state index contributed by atoms with van der Waals surface area (Å²) in [5.74, 6) is -1.41. The van der Waals surface area contributed by atoms with E-state index in [2.05, 4.69) is 51.5 Å². The minimum Gasteiger partial charge on any atom is -0.374 e. The molecular formula is C40H44N12O10S2. The highest BCUT2D eigenvalue weighted by molar-refractivity contribution is 7.87. The largest absolute Gasteiger partial charge is 0.374 e. The van der Waals surface area contributed by atoms with Gasteiger partial charge in [0, 0.05) is 11.4 Å². The summed E-state index contributed by atoms with van der Waals surface area (Å²) >= 11 is 0. The van der Waals surface area contributed by atoms with Crippen molar-refractivity contribution in [2.75, 3.05) is 31.4 Å². The van der Waals surface area contributed by atoms with E-state index in [4.69, 9.17) is 8.57 Å². The van der Waals surface area contributed by atoms with Crippen LogP contribution in [0.25, 0.3) is 12.2 Å². The first-order valence-corrected chi connectivity index (χ1v) is 22.0. The molecule has 0 radical (unpaired) electrons. The predicted molar refractivity (Wildman–Crippen MR) is 236 cm³/mol. The van der Waals surface area contributed by atoms with Crippen molar-refractivity contribution in [1.29, 1.82) is 0 Å². The van der Waals surface area contributed by atoms with Gasteiger partial charge in [-0.25, -0.2) is 11.0 Å². The summed E-state index contributed by atoms with van der Waals surface area (Å²) in [7, 11) is -9.32. The molecule has 6 aromatic rings. The summed E-state index contributed by atoms with van der Waals surface area (Å²) < 4.78 is 65.1. The second-order valence-corrected chi connectivity index (χ2v) is 16.6. The average Bonchev–Trinajstić information content (AvgIpc) is 3.25. The molecule has 336 valence electrons. The van der Waals surface area contributed by atoms with E-state index < -0.39 is 57.0 Å². The van der Waals surface area contributed by atoms with Crippen molar-refractivity contribution < 1.29 is 45.8 Å². The SMILES string of the molecule is CC(O)N(c1nc(NOS(=O)(=O)c2ccccc2C=Cc2ccccc2S(=O)(=O)ONc2nc(Nc3ccccc3)nc(N(C(C)O)C(C)O)n2)nc(Nc2ccccc2)n1)C(C)O. The van der Waals surface area contributed by atoms with Crippen LogP contribution in [-0.2, 0) is 28.8 Å². The number of benzene rings is 4. The Morgan fingerprint density at radius 2 is 0.781 bits per heavy atom. The van der Waals surface area contributed by atoms with Gasteiger partial charge in [-0.05, 0) is 75.2 Å². The van der Waals surface area contributed by atoms with Gasteiger partial charge < -0.3 is 31.1 Å². The van der Waals surface area contributed by atoms with Crippen molar-refractivity contribution >= 4 is 79.5 Å². The fourth-order valence-corrected chi connectivity index (χ4v) is 7.79. The first kappa shape index (κ1) is 46.6. The van der Waals surface area contributed by atoms with Crippen LogP contribution in [0, 0.1) is 0 Å². The molecule has 24 heteroatoms. The Labute approximate surface area is 368 Å². The van der Waals surface area contributed by atoms with Crippen LogP contribution in [-0.4, -0.2) is 92.1 Å². The van der Waals surface area contributed by atoms with Crippen LogP contribution in [0.1, 0.15) is 38.8 Å². The number of hydrogen-bond acceptors (Lipinski definition) is 22. The Balaban J connectivity index is 1.23. The predicted octanol–water partition coefficient (Wildman–Crippen LogP) is 4.15. The third kappa shape index (κ3) is 12.0. The van der Waals surface area contributed by atoms with Gasteiger partial charge >= 0.3 is 20.2 Å². The molecule has 22 nitrogen and oxygen atoms in total. The Morgan fingerprint density at radius 3 is 1.12 bits per heavy atom.